The van der Waals surface area contributed by atoms with Crippen LogP contribution in [0.3, 0.4) is 0 Å². The molecule has 1 heterocycles. The summed E-state index contributed by atoms with van der Waals surface area (Å²) in [5, 5.41) is -0.0563. The highest BCUT2D eigenvalue weighted by Crippen LogP contribution is 2.30. The molecule has 1 aromatic heterocycles. The van der Waals surface area contributed by atoms with Crippen LogP contribution in [0.1, 0.15) is 5.56 Å². The van der Waals surface area contributed by atoms with Gasteiger partial charge in [0.15, 0.2) is 5.82 Å². The molecule has 0 bridgehead atoms. The Hall–Kier alpha value is -1.87. The van der Waals surface area contributed by atoms with Gasteiger partial charge in [-0.15, -0.1) is 0 Å². The maximum Gasteiger partial charge on any atom is 0.416 e. The first kappa shape index (κ1) is 15.5. The lowest BCUT2D eigenvalue weighted by molar-refractivity contribution is -0.137. The van der Waals surface area contributed by atoms with Crippen LogP contribution >= 0.6 is 11.6 Å². The Morgan fingerprint density at radius 2 is 1.90 bits per heavy atom. The highest BCUT2D eigenvalue weighted by molar-refractivity contribution is 7.92. The van der Waals surface area contributed by atoms with E-state index in [1.165, 1.54) is 6.20 Å². The van der Waals surface area contributed by atoms with Crippen molar-refractivity contribution in [1.82, 2.24) is 9.97 Å². The summed E-state index contributed by atoms with van der Waals surface area (Å²) in [7, 11) is -4.22. The fourth-order valence-corrected chi connectivity index (χ4v) is 2.61. The zero-order valence-electron chi connectivity index (χ0n) is 10.1. The molecule has 0 fully saturated rings. The first-order valence-electron chi connectivity index (χ1n) is 5.36. The van der Waals surface area contributed by atoms with Crippen molar-refractivity contribution in [3.8, 4) is 0 Å². The lowest BCUT2D eigenvalue weighted by Crippen LogP contribution is -2.15. The summed E-state index contributed by atoms with van der Waals surface area (Å²) in [6.45, 7) is 0. The van der Waals surface area contributed by atoms with Gasteiger partial charge in [-0.1, -0.05) is 17.7 Å². The van der Waals surface area contributed by atoms with Crippen molar-refractivity contribution in [3.05, 3.63) is 47.4 Å². The molecule has 112 valence electrons. The molecule has 0 aliphatic rings. The molecule has 0 aliphatic carbocycles. The van der Waals surface area contributed by atoms with Crippen LogP contribution in [0.4, 0.5) is 19.0 Å². The molecule has 0 saturated heterocycles. The average Bonchev–Trinajstić information content (AvgIpc) is 2.37. The predicted octanol–water partition coefficient (Wildman–Crippen LogP) is 2.95. The van der Waals surface area contributed by atoms with Crippen LogP contribution in [0.25, 0.3) is 0 Å². The molecule has 0 aliphatic heterocycles. The lowest BCUT2D eigenvalue weighted by atomic mass is 10.2. The summed E-state index contributed by atoms with van der Waals surface area (Å²) in [5.74, 6) is -0.195. The van der Waals surface area contributed by atoms with E-state index in [0.29, 0.717) is 6.07 Å². The van der Waals surface area contributed by atoms with Crippen LogP contribution in [0.2, 0.25) is 5.15 Å². The number of benzene rings is 1. The van der Waals surface area contributed by atoms with E-state index in [0.717, 1.165) is 24.4 Å². The van der Waals surface area contributed by atoms with E-state index >= 15 is 0 Å². The standard InChI is InChI=1S/C11H7ClF3N3O2S/c12-9-5-16-6-10(17-9)18-21(19,20)8-3-1-2-7(4-8)11(13,14)15/h1-6H,(H,17,18). The second-order valence-electron chi connectivity index (χ2n) is 3.86. The van der Waals surface area contributed by atoms with Crippen LogP contribution in [0.15, 0.2) is 41.6 Å². The molecular formula is C11H7ClF3N3O2S. The van der Waals surface area contributed by atoms with E-state index in [2.05, 4.69) is 9.97 Å². The maximum absolute atomic E-state index is 12.6. The molecule has 2 aromatic rings. The number of aromatic nitrogens is 2. The number of nitrogens with one attached hydrogen (secondary N) is 1. The minimum Gasteiger partial charge on any atom is -0.262 e. The average molecular weight is 338 g/mol. The number of alkyl halides is 3. The van der Waals surface area contributed by atoms with E-state index in [1.807, 2.05) is 4.72 Å². The van der Waals surface area contributed by atoms with Crippen molar-refractivity contribution < 1.29 is 21.6 Å². The van der Waals surface area contributed by atoms with Crippen LogP contribution in [-0.4, -0.2) is 18.4 Å². The normalized spacial score (nSPS) is 12.2. The SMILES string of the molecule is O=S(=O)(Nc1cncc(Cl)n1)c1cccc(C(F)(F)F)c1. The molecule has 1 aromatic carbocycles. The first-order valence-corrected chi connectivity index (χ1v) is 7.22. The third-order valence-corrected chi connectivity index (χ3v) is 3.85. The smallest absolute Gasteiger partial charge is 0.262 e. The number of hydrogen-bond acceptors (Lipinski definition) is 4. The number of hydrogen-bond donors (Lipinski definition) is 1. The van der Waals surface area contributed by atoms with Crippen molar-refractivity contribution in [2.24, 2.45) is 0 Å². The zero-order chi connectivity index (χ0) is 15.7. The largest absolute Gasteiger partial charge is 0.416 e. The molecule has 0 radical (unpaired) electrons. The molecular weight excluding hydrogens is 331 g/mol. The van der Waals surface area contributed by atoms with Crippen molar-refractivity contribution in [1.29, 1.82) is 0 Å². The third kappa shape index (κ3) is 3.82. The zero-order valence-corrected chi connectivity index (χ0v) is 11.7. The second kappa shape index (κ2) is 5.49. The Morgan fingerprint density at radius 1 is 1.19 bits per heavy atom. The van der Waals surface area contributed by atoms with Crippen LogP contribution < -0.4 is 4.72 Å². The molecule has 1 N–H and O–H groups in total. The van der Waals surface area contributed by atoms with Crippen molar-refractivity contribution in [2.45, 2.75) is 11.1 Å². The number of sulfonamides is 1. The molecule has 0 saturated carbocycles. The Labute approximate surface area is 122 Å². The van der Waals surface area contributed by atoms with Gasteiger partial charge in [-0.2, -0.15) is 13.2 Å². The van der Waals surface area contributed by atoms with Gasteiger partial charge in [-0.25, -0.2) is 13.4 Å². The van der Waals surface area contributed by atoms with E-state index in [9.17, 15) is 21.6 Å². The van der Waals surface area contributed by atoms with Crippen LogP contribution in [0, 0.1) is 0 Å². The topological polar surface area (TPSA) is 72.0 Å². The molecule has 10 heteroatoms. The minimum absolute atomic E-state index is 0.0563. The van der Waals surface area contributed by atoms with Gasteiger partial charge in [0.1, 0.15) is 5.15 Å². The summed E-state index contributed by atoms with van der Waals surface area (Å²) >= 11 is 5.55. The van der Waals surface area contributed by atoms with Gasteiger partial charge in [-0.3, -0.25) is 9.71 Å². The van der Waals surface area contributed by atoms with Gasteiger partial charge < -0.3 is 0 Å². The van der Waals surface area contributed by atoms with Crippen molar-refractivity contribution >= 4 is 27.4 Å². The van der Waals surface area contributed by atoms with Gasteiger partial charge in [0.25, 0.3) is 10.0 Å². The molecule has 0 spiro atoms. The summed E-state index contributed by atoms with van der Waals surface area (Å²) in [4.78, 5) is 6.72. The second-order valence-corrected chi connectivity index (χ2v) is 5.93. The number of anilines is 1. The molecule has 5 nitrogen and oxygen atoms in total. The summed E-state index contributed by atoms with van der Waals surface area (Å²) < 4.78 is 63.7. The fourth-order valence-electron chi connectivity index (χ4n) is 1.43. The van der Waals surface area contributed by atoms with Gasteiger partial charge in [0, 0.05) is 0 Å². The number of rotatable bonds is 3. The van der Waals surface area contributed by atoms with Crippen molar-refractivity contribution in [3.63, 3.8) is 0 Å². The monoisotopic (exact) mass is 337 g/mol. The third-order valence-electron chi connectivity index (χ3n) is 2.32. The van der Waals surface area contributed by atoms with Gasteiger partial charge >= 0.3 is 6.18 Å². The Morgan fingerprint density at radius 3 is 2.52 bits per heavy atom. The lowest BCUT2D eigenvalue weighted by Gasteiger charge is -2.10. The Kier molecular flexibility index (Phi) is 4.06. The minimum atomic E-state index is -4.64. The molecule has 0 unspecified atom stereocenters. The van der Waals surface area contributed by atoms with Crippen LogP contribution in [-0.2, 0) is 16.2 Å². The van der Waals surface area contributed by atoms with Gasteiger partial charge in [0.2, 0.25) is 0 Å². The van der Waals surface area contributed by atoms with Gasteiger partial charge in [0.05, 0.1) is 22.9 Å². The van der Waals surface area contributed by atoms with Gasteiger partial charge in [-0.05, 0) is 18.2 Å². The highest BCUT2D eigenvalue weighted by atomic mass is 35.5. The van der Waals surface area contributed by atoms with Crippen molar-refractivity contribution in [2.75, 3.05) is 4.72 Å². The summed E-state index contributed by atoms with van der Waals surface area (Å²) in [5.41, 5.74) is -1.07. The molecule has 0 amide bonds. The summed E-state index contributed by atoms with van der Waals surface area (Å²) in [6.07, 6.45) is -2.37. The molecule has 2 rings (SSSR count). The van der Waals surface area contributed by atoms with E-state index in [1.54, 1.807) is 0 Å². The Balaban J connectivity index is 2.36. The fraction of sp³-hybridized carbons (Fsp3) is 0.0909. The predicted molar refractivity (Wildman–Crippen MR) is 69.3 cm³/mol. The highest BCUT2D eigenvalue weighted by Gasteiger charge is 2.31. The van der Waals surface area contributed by atoms with E-state index in [4.69, 9.17) is 11.6 Å². The maximum atomic E-state index is 12.6. The first-order chi connectivity index (χ1) is 9.68. The van der Waals surface area contributed by atoms with E-state index < -0.39 is 26.7 Å². The number of nitrogens with zero attached hydrogens (tertiary/aromatic N) is 2. The quantitative estimate of drug-likeness (QED) is 0.934. The molecule has 21 heavy (non-hydrogen) atoms. The van der Waals surface area contributed by atoms with Crippen LogP contribution in [0.5, 0.6) is 0 Å². The van der Waals surface area contributed by atoms with E-state index in [-0.39, 0.29) is 11.0 Å². The summed E-state index contributed by atoms with van der Waals surface area (Å²) in [6, 6.07) is 3.34. The number of halogens is 4. The molecule has 0 atom stereocenters. The Bertz CT molecular complexity index is 765.